The number of ether oxygens (including phenoxy) is 1. The number of rotatable bonds is 7. The third-order valence-electron chi connectivity index (χ3n) is 4.92. The topological polar surface area (TPSA) is 68.5 Å². The molecule has 0 unspecified atom stereocenters. The van der Waals surface area contributed by atoms with E-state index in [4.69, 9.17) is 4.74 Å². The van der Waals surface area contributed by atoms with Crippen LogP contribution in [-0.2, 0) is 11.2 Å². The van der Waals surface area contributed by atoms with Crippen LogP contribution in [0, 0.1) is 13.8 Å². The first-order chi connectivity index (χ1) is 14.5. The highest BCUT2D eigenvalue weighted by molar-refractivity contribution is 7.15. The Balaban J connectivity index is 1.39. The average Bonchev–Trinajstić information content (AvgIpc) is 3.29. The molecule has 0 radical (unpaired) electrons. The minimum absolute atomic E-state index is 0.175. The Bertz CT molecular complexity index is 1180. The van der Waals surface area contributed by atoms with Crippen LogP contribution in [0.4, 0.5) is 5.95 Å². The Hall–Kier alpha value is -3.19. The summed E-state index contributed by atoms with van der Waals surface area (Å²) in [6.07, 6.45) is 1.22. The van der Waals surface area contributed by atoms with Gasteiger partial charge in [0, 0.05) is 10.9 Å². The zero-order chi connectivity index (χ0) is 21.1. The quantitative estimate of drug-likeness (QED) is 0.455. The van der Waals surface area contributed by atoms with E-state index < -0.39 is 0 Å². The molecule has 2 aromatic carbocycles. The number of fused-ring (bicyclic) bond motifs is 1. The summed E-state index contributed by atoms with van der Waals surface area (Å²) in [6, 6.07) is 14.2. The molecule has 1 N–H and O–H groups in total. The largest absolute Gasteiger partial charge is 0.493 e. The van der Waals surface area contributed by atoms with E-state index in [0.717, 1.165) is 28.4 Å². The number of anilines is 1. The van der Waals surface area contributed by atoms with Crippen molar-refractivity contribution in [3.63, 3.8) is 0 Å². The van der Waals surface area contributed by atoms with E-state index in [0.29, 0.717) is 12.6 Å². The minimum atomic E-state index is -0.175. The summed E-state index contributed by atoms with van der Waals surface area (Å²) in [5.41, 5.74) is 5.74. The van der Waals surface area contributed by atoms with Crippen LogP contribution in [0.5, 0.6) is 5.75 Å². The fourth-order valence-electron chi connectivity index (χ4n) is 3.29. The van der Waals surface area contributed by atoms with Gasteiger partial charge in [-0.2, -0.15) is 4.98 Å². The lowest BCUT2D eigenvalue weighted by atomic mass is 10.0. The van der Waals surface area contributed by atoms with Gasteiger partial charge in [-0.25, -0.2) is 4.52 Å². The number of hydrogen-bond acceptors (Lipinski definition) is 5. The van der Waals surface area contributed by atoms with Crippen LogP contribution in [0.1, 0.15) is 30.0 Å². The van der Waals surface area contributed by atoms with Gasteiger partial charge in [-0.05, 0) is 43.5 Å². The van der Waals surface area contributed by atoms with E-state index in [1.54, 1.807) is 4.52 Å². The fourth-order valence-corrected chi connectivity index (χ4v) is 4.11. The summed E-state index contributed by atoms with van der Waals surface area (Å²) >= 11 is 1.50. The van der Waals surface area contributed by atoms with Crippen LogP contribution in [0.2, 0.25) is 0 Å². The number of carbonyl (C=O) groups is 1. The van der Waals surface area contributed by atoms with Gasteiger partial charge in [-0.3, -0.25) is 10.1 Å². The van der Waals surface area contributed by atoms with Gasteiger partial charge in [-0.1, -0.05) is 42.8 Å². The second kappa shape index (κ2) is 8.67. The van der Waals surface area contributed by atoms with Gasteiger partial charge in [0.25, 0.3) is 0 Å². The van der Waals surface area contributed by atoms with E-state index >= 15 is 0 Å². The summed E-state index contributed by atoms with van der Waals surface area (Å²) in [5.74, 6) is 0.899. The molecule has 4 aromatic rings. The molecule has 0 saturated heterocycles. The van der Waals surface area contributed by atoms with Crippen molar-refractivity contribution in [1.29, 1.82) is 0 Å². The van der Waals surface area contributed by atoms with Crippen molar-refractivity contribution in [1.82, 2.24) is 14.6 Å². The predicted molar refractivity (Wildman–Crippen MR) is 120 cm³/mol. The van der Waals surface area contributed by atoms with Crippen LogP contribution in [0.25, 0.3) is 16.2 Å². The normalized spacial score (nSPS) is 11.0. The van der Waals surface area contributed by atoms with Gasteiger partial charge in [-0.15, -0.1) is 16.4 Å². The molecule has 0 fully saturated rings. The van der Waals surface area contributed by atoms with Crippen molar-refractivity contribution in [3.05, 3.63) is 64.5 Å². The summed E-state index contributed by atoms with van der Waals surface area (Å²) < 4.78 is 7.43. The van der Waals surface area contributed by atoms with E-state index in [1.807, 2.05) is 29.6 Å². The zero-order valence-electron chi connectivity index (χ0n) is 17.3. The van der Waals surface area contributed by atoms with Gasteiger partial charge >= 0.3 is 0 Å². The van der Waals surface area contributed by atoms with Crippen molar-refractivity contribution in [2.45, 2.75) is 33.6 Å². The van der Waals surface area contributed by atoms with Gasteiger partial charge in [0.15, 0.2) is 0 Å². The number of benzene rings is 2. The molecule has 0 bridgehead atoms. The number of aromatic nitrogens is 3. The van der Waals surface area contributed by atoms with Gasteiger partial charge in [0.05, 0.1) is 18.7 Å². The average molecular weight is 421 g/mol. The minimum Gasteiger partial charge on any atom is -0.493 e. The highest BCUT2D eigenvalue weighted by Gasteiger charge is 2.14. The third kappa shape index (κ3) is 4.36. The maximum Gasteiger partial charge on any atom is 0.250 e. The molecular formula is C23H24N4O2S. The maximum atomic E-state index is 12.3. The molecule has 2 aromatic heterocycles. The number of amides is 1. The standard InChI is InChI=1S/C23H24N4O2S/c1-4-17-6-8-18(9-7-17)29-12-11-21(28)24-22-25-23-27(26-22)20(14-30-23)19-10-5-15(2)13-16(19)3/h5-10,13-14H,4,11-12H2,1-3H3,(H,24,26,28). The molecule has 1 amide bonds. The number of carbonyl (C=O) groups excluding carboxylic acids is 1. The second-order valence-corrected chi connectivity index (χ2v) is 8.05. The summed E-state index contributed by atoms with van der Waals surface area (Å²) in [7, 11) is 0. The highest BCUT2D eigenvalue weighted by atomic mass is 32.1. The van der Waals surface area contributed by atoms with Crippen molar-refractivity contribution < 1.29 is 9.53 Å². The maximum absolute atomic E-state index is 12.3. The fraction of sp³-hybridized carbons (Fsp3) is 0.261. The van der Waals surface area contributed by atoms with E-state index in [2.05, 4.69) is 54.4 Å². The first kappa shape index (κ1) is 20.1. The van der Waals surface area contributed by atoms with Gasteiger partial charge < -0.3 is 4.74 Å². The lowest BCUT2D eigenvalue weighted by molar-refractivity contribution is -0.116. The van der Waals surface area contributed by atoms with Crippen LogP contribution in [-0.4, -0.2) is 27.1 Å². The SMILES string of the molecule is CCc1ccc(OCCC(=O)Nc2nc3scc(-c4ccc(C)cc4C)n3n2)cc1. The molecule has 0 saturated carbocycles. The van der Waals surface area contributed by atoms with Crippen molar-refractivity contribution in [2.24, 2.45) is 0 Å². The Kier molecular flexibility index (Phi) is 5.81. The molecular weight excluding hydrogens is 396 g/mol. The molecule has 30 heavy (non-hydrogen) atoms. The molecule has 0 spiro atoms. The van der Waals surface area contributed by atoms with Crippen LogP contribution in [0.15, 0.2) is 47.8 Å². The third-order valence-corrected chi connectivity index (χ3v) is 5.74. The summed E-state index contributed by atoms with van der Waals surface area (Å²) in [5, 5.41) is 9.29. The zero-order valence-corrected chi connectivity index (χ0v) is 18.1. The van der Waals surface area contributed by atoms with Crippen LogP contribution < -0.4 is 10.1 Å². The summed E-state index contributed by atoms with van der Waals surface area (Å²) in [4.78, 5) is 17.4. The van der Waals surface area contributed by atoms with E-state index in [1.165, 1.54) is 28.0 Å². The molecule has 0 aliphatic rings. The van der Waals surface area contributed by atoms with Crippen molar-refractivity contribution in [2.75, 3.05) is 11.9 Å². The number of aryl methyl sites for hydroxylation is 3. The Labute approximate surface area is 179 Å². The van der Waals surface area contributed by atoms with Crippen LogP contribution >= 0.6 is 11.3 Å². The molecule has 4 rings (SSSR count). The molecule has 6 nitrogen and oxygen atoms in total. The van der Waals surface area contributed by atoms with Crippen LogP contribution in [0.3, 0.4) is 0 Å². The number of hydrogen-bond donors (Lipinski definition) is 1. The molecule has 7 heteroatoms. The first-order valence-corrected chi connectivity index (χ1v) is 10.8. The van der Waals surface area contributed by atoms with Gasteiger partial charge in [0.1, 0.15) is 5.75 Å². The molecule has 154 valence electrons. The van der Waals surface area contributed by atoms with Gasteiger partial charge in [0.2, 0.25) is 16.8 Å². The lowest BCUT2D eigenvalue weighted by Crippen LogP contribution is -2.16. The molecule has 0 atom stereocenters. The van der Waals surface area contributed by atoms with E-state index in [9.17, 15) is 4.79 Å². The summed E-state index contributed by atoms with van der Waals surface area (Å²) in [6.45, 7) is 6.57. The lowest BCUT2D eigenvalue weighted by Gasteiger charge is -2.06. The number of nitrogens with one attached hydrogen (secondary N) is 1. The molecule has 2 heterocycles. The molecule has 0 aliphatic carbocycles. The highest BCUT2D eigenvalue weighted by Crippen LogP contribution is 2.28. The Morgan fingerprint density at radius 1 is 1.17 bits per heavy atom. The monoisotopic (exact) mass is 420 g/mol. The van der Waals surface area contributed by atoms with Crippen molar-refractivity contribution >= 4 is 28.2 Å². The first-order valence-electron chi connectivity index (χ1n) is 9.97. The number of nitrogens with zero attached hydrogens (tertiary/aromatic N) is 3. The number of thiazole rings is 1. The van der Waals surface area contributed by atoms with Crippen molar-refractivity contribution in [3.8, 4) is 17.0 Å². The second-order valence-electron chi connectivity index (χ2n) is 7.21. The predicted octanol–water partition coefficient (Wildman–Crippen LogP) is 5.04. The smallest absolute Gasteiger partial charge is 0.250 e. The van der Waals surface area contributed by atoms with E-state index in [-0.39, 0.29) is 12.3 Å². The molecule has 0 aliphatic heterocycles. The Morgan fingerprint density at radius 2 is 1.97 bits per heavy atom. The Morgan fingerprint density at radius 3 is 2.70 bits per heavy atom.